The highest BCUT2D eigenvalue weighted by molar-refractivity contribution is 5.96. The van der Waals surface area contributed by atoms with Gasteiger partial charge in [-0.3, -0.25) is 0 Å². The largest absolute Gasteiger partial charge is 0.507 e. The van der Waals surface area contributed by atoms with E-state index in [0.29, 0.717) is 0 Å². The number of aromatic hydroxyl groups is 1. The topological polar surface area (TPSA) is 87.7 Å². The molecule has 2 aromatic rings. The number of aromatic carboxylic acids is 1. The molecule has 0 unspecified atom stereocenters. The van der Waals surface area contributed by atoms with Gasteiger partial charge in [0.2, 0.25) is 0 Å². The quantitative estimate of drug-likeness (QED) is 0.711. The lowest BCUT2D eigenvalue weighted by Gasteiger charge is -2.05. The smallest absolute Gasteiger partial charge is 0.351 e. The molecule has 5 heteroatoms. The number of carboxylic acid groups (broad SMARTS) is 1. The van der Waals surface area contributed by atoms with Crippen LogP contribution in [0.15, 0.2) is 27.4 Å². The van der Waals surface area contributed by atoms with Gasteiger partial charge in [0.05, 0.1) is 5.39 Å². The standard InChI is InChI=1S/C11H8O5/c1-5-8-6(12)3-2-4-7(8)16-11(15)9(5)10(13)14/h2-4,12H,1H3,(H,13,14). The Hall–Kier alpha value is -2.30. The molecule has 1 aromatic heterocycles. The highest BCUT2D eigenvalue weighted by Gasteiger charge is 2.18. The number of benzene rings is 1. The fourth-order valence-electron chi connectivity index (χ4n) is 1.66. The van der Waals surface area contributed by atoms with Crippen LogP contribution in [-0.4, -0.2) is 16.2 Å². The molecule has 0 aliphatic carbocycles. The van der Waals surface area contributed by atoms with E-state index in [1.165, 1.54) is 25.1 Å². The van der Waals surface area contributed by atoms with E-state index < -0.39 is 17.2 Å². The number of phenolic OH excluding ortho intramolecular Hbond substituents is 1. The van der Waals surface area contributed by atoms with Crippen molar-refractivity contribution in [1.29, 1.82) is 0 Å². The van der Waals surface area contributed by atoms with E-state index in [4.69, 9.17) is 9.52 Å². The molecule has 0 amide bonds. The summed E-state index contributed by atoms with van der Waals surface area (Å²) in [6.45, 7) is 1.46. The summed E-state index contributed by atoms with van der Waals surface area (Å²) in [4.78, 5) is 22.2. The monoisotopic (exact) mass is 220 g/mol. The fraction of sp³-hybridized carbons (Fsp3) is 0.0909. The second kappa shape index (κ2) is 3.37. The Labute approximate surface area is 89.6 Å². The maximum atomic E-state index is 11.4. The van der Waals surface area contributed by atoms with Gasteiger partial charge in [-0.15, -0.1) is 0 Å². The summed E-state index contributed by atoms with van der Waals surface area (Å²) in [7, 11) is 0. The van der Waals surface area contributed by atoms with Gasteiger partial charge in [0, 0.05) is 0 Å². The van der Waals surface area contributed by atoms with Gasteiger partial charge in [0.1, 0.15) is 16.9 Å². The van der Waals surface area contributed by atoms with Gasteiger partial charge >= 0.3 is 11.6 Å². The predicted molar refractivity (Wildman–Crippen MR) is 55.8 cm³/mol. The van der Waals surface area contributed by atoms with Gasteiger partial charge in [-0.25, -0.2) is 9.59 Å². The number of aryl methyl sites for hydroxylation is 1. The molecule has 82 valence electrons. The van der Waals surface area contributed by atoms with Crippen molar-refractivity contribution in [2.75, 3.05) is 0 Å². The van der Waals surface area contributed by atoms with Crippen LogP contribution >= 0.6 is 0 Å². The summed E-state index contributed by atoms with van der Waals surface area (Å²) in [5.74, 6) is -1.47. The van der Waals surface area contributed by atoms with E-state index in [1.54, 1.807) is 0 Å². The van der Waals surface area contributed by atoms with E-state index >= 15 is 0 Å². The Morgan fingerprint density at radius 1 is 1.38 bits per heavy atom. The van der Waals surface area contributed by atoms with Crippen LogP contribution in [0.3, 0.4) is 0 Å². The van der Waals surface area contributed by atoms with Crippen molar-refractivity contribution in [1.82, 2.24) is 0 Å². The number of hydrogen-bond donors (Lipinski definition) is 2. The highest BCUT2D eigenvalue weighted by Crippen LogP contribution is 2.27. The van der Waals surface area contributed by atoms with Crippen molar-refractivity contribution in [2.45, 2.75) is 6.92 Å². The maximum Gasteiger partial charge on any atom is 0.351 e. The Kier molecular flexibility index (Phi) is 2.16. The van der Waals surface area contributed by atoms with Crippen LogP contribution < -0.4 is 5.63 Å². The number of phenols is 1. The summed E-state index contributed by atoms with van der Waals surface area (Å²) in [5.41, 5.74) is -0.985. The molecule has 0 spiro atoms. The number of hydrogen-bond acceptors (Lipinski definition) is 4. The van der Waals surface area contributed by atoms with Crippen molar-refractivity contribution in [3.8, 4) is 5.75 Å². The Morgan fingerprint density at radius 2 is 2.06 bits per heavy atom. The van der Waals surface area contributed by atoms with E-state index in [-0.39, 0.29) is 22.3 Å². The Balaban J connectivity index is 3.03. The number of carboxylic acids is 1. The van der Waals surface area contributed by atoms with Gasteiger partial charge in [-0.1, -0.05) is 6.07 Å². The second-order valence-corrected chi connectivity index (χ2v) is 3.34. The molecule has 5 nitrogen and oxygen atoms in total. The molecular weight excluding hydrogens is 212 g/mol. The highest BCUT2D eigenvalue weighted by atomic mass is 16.4. The average molecular weight is 220 g/mol. The van der Waals surface area contributed by atoms with Crippen molar-refractivity contribution in [2.24, 2.45) is 0 Å². The average Bonchev–Trinajstić information content (AvgIpc) is 2.15. The van der Waals surface area contributed by atoms with Gasteiger partial charge < -0.3 is 14.6 Å². The summed E-state index contributed by atoms with van der Waals surface area (Å²) < 4.78 is 4.82. The van der Waals surface area contributed by atoms with Crippen LogP contribution in [-0.2, 0) is 0 Å². The molecule has 0 saturated heterocycles. The molecule has 0 aliphatic heterocycles. The lowest BCUT2D eigenvalue weighted by Crippen LogP contribution is -2.15. The lowest BCUT2D eigenvalue weighted by molar-refractivity contribution is 0.0692. The first-order valence-electron chi connectivity index (χ1n) is 4.51. The predicted octanol–water partition coefficient (Wildman–Crippen LogP) is 1.51. The molecular formula is C11H8O5. The van der Waals surface area contributed by atoms with E-state index in [1.807, 2.05) is 0 Å². The minimum atomic E-state index is -1.36. The second-order valence-electron chi connectivity index (χ2n) is 3.34. The van der Waals surface area contributed by atoms with Crippen LogP contribution in [0.2, 0.25) is 0 Å². The van der Waals surface area contributed by atoms with Crippen molar-refractivity contribution >= 4 is 16.9 Å². The fourth-order valence-corrected chi connectivity index (χ4v) is 1.66. The zero-order valence-corrected chi connectivity index (χ0v) is 8.35. The van der Waals surface area contributed by atoms with Crippen molar-refractivity contribution in [3.63, 3.8) is 0 Å². The van der Waals surface area contributed by atoms with E-state index in [0.717, 1.165) is 0 Å². The maximum absolute atomic E-state index is 11.4. The van der Waals surface area contributed by atoms with Gasteiger partial charge in [-0.05, 0) is 24.6 Å². The Bertz CT molecular complexity index is 639. The van der Waals surface area contributed by atoms with Crippen LogP contribution in [0.25, 0.3) is 11.0 Å². The minimum absolute atomic E-state index is 0.110. The number of carbonyl (C=O) groups is 1. The van der Waals surface area contributed by atoms with Crippen LogP contribution in [0.1, 0.15) is 15.9 Å². The summed E-state index contributed by atoms with van der Waals surface area (Å²) >= 11 is 0. The molecule has 0 atom stereocenters. The molecule has 0 saturated carbocycles. The van der Waals surface area contributed by atoms with Gasteiger partial charge in [0.25, 0.3) is 0 Å². The first-order valence-corrected chi connectivity index (χ1v) is 4.51. The third-order valence-corrected chi connectivity index (χ3v) is 2.37. The van der Waals surface area contributed by atoms with E-state index in [2.05, 4.69) is 0 Å². The van der Waals surface area contributed by atoms with Gasteiger partial charge in [-0.2, -0.15) is 0 Å². The molecule has 2 rings (SSSR count). The molecule has 0 bridgehead atoms. The lowest BCUT2D eigenvalue weighted by atomic mass is 10.1. The van der Waals surface area contributed by atoms with E-state index in [9.17, 15) is 14.7 Å². The first-order chi connectivity index (χ1) is 7.52. The first kappa shape index (κ1) is 10.2. The van der Waals surface area contributed by atoms with Crippen molar-refractivity contribution in [3.05, 3.63) is 39.7 Å². The molecule has 0 fully saturated rings. The zero-order chi connectivity index (χ0) is 11.9. The zero-order valence-electron chi connectivity index (χ0n) is 8.35. The molecule has 1 heterocycles. The summed E-state index contributed by atoms with van der Waals surface area (Å²) in [6.07, 6.45) is 0. The minimum Gasteiger partial charge on any atom is -0.507 e. The van der Waals surface area contributed by atoms with Gasteiger partial charge in [0.15, 0.2) is 0 Å². The van der Waals surface area contributed by atoms with Crippen molar-refractivity contribution < 1.29 is 19.4 Å². The number of rotatable bonds is 1. The molecule has 16 heavy (non-hydrogen) atoms. The number of fused-ring (bicyclic) bond motifs is 1. The summed E-state index contributed by atoms with van der Waals surface area (Å²) in [5, 5.41) is 18.7. The molecule has 2 N–H and O–H groups in total. The summed E-state index contributed by atoms with van der Waals surface area (Å²) in [6, 6.07) is 4.41. The molecule has 0 radical (unpaired) electrons. The Morgan fingerprint density at radius 3 is 2.69 bits per heavy atom. The van der Waals surface area contributed by atoms with Crippen LogP contribution in [0.4, 0.5) is 0 Å². The third-order valence-electron chi connectivity index (χ3n) is 2.37. The molecule has 1 aromatic carbocycles. The molecule has 0 aliphatic rings. The normalized spacial score (nSPS) is 10.6. The SMILES string of the molecule is Cc1c(C(=O)O)c(=O)oc2cccc(O)c12. The third kappa shape index (κ3) is 1.33. The van der Waals surface area contributed by atoms with Crippen LogP contribution in [0.5, 0.6) is 5.75 Å². The van der Waals surface area contributed by atoms with Crippen LogP contribution in [0, 0.1) is 6.92 Å².